The molecule has 4 atom stereocenters. The maximum atomic E-state index is 13.1. The molecule has 2 amide bonds. The molecule has 0 radical (unpaired) electrons. The highest BCUT2D eigenvalue weighted by Gasteiger charge is 2.62. The lowest BCUT2D eigenvalue weighted by atomic mass is 9.56. The van der Waals surface area contributed by atoms with Gasteiger partial charge in [-0.25, -0.2) is 0 Å². The van der Waals surface area contributed by atoms with Gasteiger partial charge in [-0.05, 0) is 23.3 Å². The first-order valence-corrected chi connectivity index (χ1v) is 8.23. The van der Waals surface area contributed by atoms with Gasteiger partial charge >= 0.3 is 0 Å². The van der Waals surface area contributed by atoms with Crippen molar-refractivity contribution in [3.63, 3.8) is 0 Å². The number of ketones is 1. The van der Waals surface area contributed by atoms with Crippen LogP contribution in [0.1, 0.15) is 29.4 Å². The van der Waals surface area contributed by atoms with Gasteiger partial charge in [0.05, 0.1) is 23.4 Å². The number of hydrogen-bond donors (Lipinski definition) is 0. The Morgan fingerprint density at radius 1 is 0.750 bits per heavy atom. The Morgan fingerprint density at radius 2 is 1.38 bits per heavy atom. The Morgan fingerprint density at radius 3 is 2.12 bits per heavy atom. The average Bonchev–Trinajstić information content (AvgIpc) is 2.88. The van der Waals surface area contributed by atoms with Crippen LogP contribution in [0.15, 0.2) is 54.6 Å². The highest BCUT2D eigenvalue weighted by atomic mass is 16.2. The number of hydrogen-bond acceptors (Lipinski definition) is 3. The van der Waals surface area contributed by atoms with Crippen molar-refractivity contribution in [1.29, 1.82) is 0 Å². The van der Waals surface area contributed by atoms with Crippen LogP contribution in [0.3, 0.4) is 0 Å². The van der Waals surface area contributed by atoms with Crippen LogP contribution in [-0.2, 0) is 14.4 Å². The van der Waals surface area contributed by atoms with Gasteiger partial charge in [0.1, 0.15) is 5.78 Å². The molecule has 1 saturated heterocycles. The number of carbonyl (C=O) groups excluding carboxylic acids is 3. The number of rotatable bonds is 1. The van der Waals surface area contributed by atoms with Crippen LogP contribution < -0.4 is 4.90 Å². The summed E-state index contributed by atoms with van der Waals surface area (Å²) in [5, 5.41) is 0. The van der Waals surface area contributed by atoms with E-state index in [4.69, 9.17) is 0 Å². The molecule has 24 heavy (non-hydrogen) atoms. The molecule has 1 saturated carbocycles. The van der Waals surface area contributed by atoms with Gasteiger partial charge in [-0.1, -0.05) is 42.5 Å². The minimum absolute atomic E-state index is 0.0935. The number of anilines is 1. The van der Waals surface area contributed by atoms with Gasteiger partial charge in [0, 0.05) is 12.3 Å². The summed E-state index contributed by atoms with van der Waals surface area (Å²) in [6, 6.07) is 16.8. The number of imide groups is 1. The van der Waals surface area contributed by atoms with Gasteiger partial charge in [-0.2, -0.15) is 0 Å². The van der Waals surface area contributed by atoms with Gasteiger partial charge in [0.15, 0.2) is 0 Å². The van der Waals surface area contributed by atoms with E-state index in [9.17, 15) is 14.4 Å². The van der Waals surface area contributed by atoms with Crippen LogP contribution >= 0.6 is 0 Å². The number of fused-ring (bicyclic) bond motifs is 1. The zero-order valence-corrected chi connectivity index (χ0v) is 12.9. The Balaban J connectivity index is 1.68. The predicted octanol–water partition coefficient (Wildman–Crippen LogP) is 2.65. The van der Waals surface area contributed by atoms with Gasteiger partial charge in [-0.3, -0.25) is 19.3 Å². The zero-order chi connectivity index (χ0) is 16.4. The fourth-order valence-electron chi connectivity index (χ4n) is 4.79. The quantitative estimate of drug-likeness (QED) is 0.760. The van der Waals surface area contributed by atoms with E-state index in [0.717, 1.165) is 11.1 Å². The summed E-state index contributed by atoms with van der Waals surface area (Å²) in [6.45, 7) is 0. The number of Topliss-reactive ketones (excluding diaryl/α,β-unsaturated/α-hetero) is 1. The van der Waals surface area contributed by atoms with Gasteiger partial charge in [0.25, 0.3) is 0 Å². The first-order chi connectivity index (χ1) is 11.7. The molecule has 0 N–H and O–H groups in total. The third-order valence-corrected chi connectivity index (χ3v) is 5.70. The largest absolute Gasteiger partial charge is 0.299 e. The van der Waals surface area contributed by atoms with Crippen LogP contribution in [0.25, 0.3) is 0 Å². The van der Waals surface area contributed by atoms with Gasteiger partial charge in [-0.15, -0.1) is 0 Å². The number of benzene rings is 2. The van der Waals surface area contributed by atoms with E-state index in [2.05, 4.69) is 0 Å². The van der Waals surface area contributed by atoms with Crippen LogP contribution in [0.5, 0.6) is 0 Å². The summed E-state index contributed by atoms with van der Waals surface area (Å²) in [6.07, 6.45) is 0.366. The van der Waals surface area contributed by atoms with E-state index in [-0.39, 0.29) is 23.5 Å². The SMILES string of the molecule is O=C1C[C@@H]2c3ccccc3[C@@H]1[C@@H]1C(=O)N(c3ccccc3)C(=O)[C@H]12. The first-order valence-electron chi connectivity index (χ1n) is 8.23. The molecule has 1 aliphatic heterocycles. The molecular formula is C20H15NO3. The van der Waals surface area contributed by atoms with E-state index in [0.29, 0.717) is 12.1 Å². The van der Waals surface area contributed by atoms with Crippen molar-refractivity contribution in [2.75, 3.05) is 4.90 Å². The van der Waals surface area contributed by atoms with Crippen LogP contribution in [0, 0.1) is 11.8 Å². The fourth-order valence-corrected chi connectivity index (χ4v) is 4.79. The molecule has 4 nitrogen and oxygen atoms in total. The molecule has 2 bridgehead atoms. The molecule has 6 rings (SSSR count). The standard InChI is InChI=1S/C20H15NO3/c22-15-10-14-12-8-4-5-9-13(12)16(15)18-17(14)19(23)21(20(18)24)11-6-2-1-3-7-11/h1-9,14,16-18H,10H2/t14-,16+,17+,18+/m1/s1. The lowest BCUT2D eigenvalue weighted by Crippen LogP contribution is -2.44. The van der Waals surface area contributed by atoms with E-state index in [1.165, 1.54) is 4.90 Å². The second-order valence-corrected chi connectivity index (χ2v) is 6.78. The number of carbonyl (C=O) groups is 3. The van der Waals surface area contributed by atoms with E-state index < -0.39 is 17.8 Å². The molecule has 4 aliphatic rings. The average molecular weight is 317 g/mol. The molecule has 2 aromatic rings. The van der Waals surface area contributed by atoms with Crippen molar-refractivity contribution in [3.05, 3.63) is 65.7 Å². The highest BCUT2D eigenvalue weighted by molar-refractivity contribution is 6.24. The number of para-hydroxylation sites is 1. The summed E-state index contributed by atoms with van der Waals surface area (Å²) in [5.74, 6) is -1.89. The maximum absolute atomic E-state index is 13.1. The lowest BCUT2D eigenvalue weighted by molar-refractivity contribution is -0.134. The molecule has 1 heterocycles. The number of amides is 2. The summed E-state index contributed by atoms with van der Waals surface area (Å²) in [4.78, 5) is 40.0. The predicted molar refractivity (Wildman–Crippen MR) is 87.5 cm³/mol. The third-order valence-electron chi connectivity index (χ3n) is 5.70. The Bertz CT molecular complexity index is 889. The van der Waals surface area contributed by atoms with Gasteiger partial charge < -0.3 is 0 Å². The second-order valence-electron chi connectivity index (χ2n) is 6.78. The third kappa shape index (κ3) is 1.55. The van der Waals surface area contributed by atoms with Crippen molar-refractivity contribution < 1.29 is 14.4 Å². The summed E-state index contributed by atoms with van der Waals surface area (Å²) in [5.41, 5.74) is 2.60. The Hall–Kier alpha value is -2.75. The van der Waals surface area contributed by atoms with Crippen LogP contribution in [0.4, 0.5) is 5.69 Å². The Kier molecular flexibility index (Phi) is 2.64. The second kappa shape index (κ2) is 4.63. The minimum atomic E-state index is -0.543. The lowest BCUT2D eigenvalue weighted by Gasteiger charge is -2.43. The summed E-state index contributed by atoms with van der Waals surface area (Å²) < 4.78 is 0. The highest BCUT2D eigenvalue weighted by Crippen LogP contribution is 2.57. The van der Waals surface area contributed by atoms with Crippen LogP contribution in [0.2, 0.25) is 0 Å². The molecule has 118 valence electrons. The van der Waals surface area contributed by atoms with Gasteiger partial charge in [0.2, 0.25) is 11.8 Å². The van der Waals surface area contributed by atoms with E-state index in [1.54, 1.807) is 12.1 Å². The smallest absolute Gasteiger partial charge is 0.238 e. The van der Waals surface area contributed by atoms with Crippen molar-refractivity contribution in [2.45, 2.75) is 18.3 Å². The summed E-state index contributed by atoms with van der Waals surface area (Å²) in [7, 11) is 0. The maximum Gasteiger partial charge on any atom is 0.238 e. The minimum Gasteiger partial charge on any atom is -0.299 e. The monoisotopic (exact) mass is 317 g/mol. The number of nitrogens with zero attached hydrogens (tertiary/aromatic N) is 1. The molecule has 2 aromatic carbocycles. The van der Waals surface area contributed by atoms with E-state index >= 15 is 0 Å². The van der Waals surface area contributed by atoms with Crippen molar-refractivity contribution in [3.8, 4) is 0 Å². The molecule has 0 unspecified atom stereocenters. The van der Waals surface area contributed by atoms with Crippen molar-refractivity contribution >= 4 is 23.3 Å². The van der Waals surface area contributed by atoms with E-state index in [1.807, 2.05) is 42.5 Å². The molecule has 4 heteroatoms. The Labute approximate surface area is 139 Å². The van der Waals surface area contributed by atoms with Crippen molar-refractivity contribution in [1.82, 2.24) is 0 Å². The topological polar surface area (TPSA) is 54.5 Å². The molecule has 3 aliphatic carbocycles. The van der Waals surface area contributed by atoms with Crippen LogP contribution in [-0.4, -0.2) is 17.6 Å². The molecule has 0 aromatic heterocycles. The zero-order valence-electron chi connectivity index (χ0n) is 12.9. The fraction of sp³-hybridized carbons (Fsp3) is 0.250. The summed E-state index contributed by atoms with van der Waals surface area (Å²) >= 11 is 0. The first kappa shape index (κ1) is 13.7. The molecule has 0 spiro atoms. The normalized spacial score (nSPS) is 30.5. The van der Waals surface area contributed by atoms with Crippen molar-refractivity contribution in [2.24, 2.45) is 11.8 Å². The molecular weight excluding hydrogens is 302 g/mol. The molecule has 2 fully saturated rings.